The van der Waals surface area contributed by atoms with E-state index in [0.717, 1.165) is 122 Å². The first-order chi connectivity index (χ1) is 31.7. The Morgan fingerprint density at radius 2 is 0.609 bits per heavy atom. The maximum Gasteiger partial charge on any atom is 0.165 e. The summed E-state index contributed by atoms with van der Waals surface area (Å²) in [5.41, 5.74) is 15.7. The monoisotopic (exact) mass is 816 g/mol. The highest BCUT2D eigenvalue weighted by atomic mass is 15.1. The van der Waals surface area contributed by atoms with Gasteiger partial charge in [-0.1, -0.05) is 170 Å². The summed E-state index contributed by atoms with van der Waals surface area (Å²) in [6, 6.07) is 76.4. The number of hydrogen-bond donors (Lipinski definition) is 0. The van der Waals surface area contributed by atoms with Crippen LogP contribution in [-0.4, -0.2) is 29.1 Å². The van der Waals surface area contributed by atoms with E-state index in [1.807, 2.05) is 24.3 Å². The van der Waals surface area contributed by atoms with Gasteiger partial charge in [0.2, 0.25) is 0 Å². The fourth-order valence-electron chi connectivity index (χ4n) is 9.58. The number of hydrogen-bond acceptors (Lipinski definition) is 4. The maximum absolute atomic E-state index is 5.56. The average molecular weight is 817 g/mol. The van der Waals surface area contributed by atoms with Crippen LogP contribution in [-0.2, 0) is 0 Å². The Hall–Kier alpha value is -8.74. The minimum Gasteiger partial charge on any atom is -0.292 e. The van der Waals surface area contributed by atoms with Crippen LogP contribution in [0, 0.1) is 0 Å². The van der Waals surface area contributed by atoms with Gasteiger partial charge in [-0.3, -0.25) is 9.13 Å². The molecule has 0 N–H and O–H groups in total. The molecule has 0 bridgehead atoms. The summed E-state index contributed by atoms with van der Waals surface area (Å²) >= 11 is 0. The van der Waals surface area contributed by atoms with Crippen LogP contribution in [0.15, 0.2) is 218 Å². The second-order valence-electron chi connectivity index (χ2n) is 16.2. The Labute approximate surface area is 368 Å². The van der Waals surface area contributed by atoms with Gasteiger partial charge in [-0.25, -0.2) is 19.9 Å². The van der Waals surface area contributed by atoms with Crippen LogP contribution in [0.1, 0.15) is 0 Å². The Morgan fingerprint density at radius 3 is 1.02 bits per heavy atom. The van der Waals surface area contributed by atoms with E-state index in [2.05, 4.69) is 203 Å². The van der Waals surface area contributed by atoms with Crippen molar-refractivity contribution in [3.63, 3.8) is 0 Å². The van der Waals surface area contributed by atoms with Gasteiger partial charge >= 0.3 is 0 Å². The first kappa shape index (κ1) is 36.0. The summed E-state index contributed by atoms with van der Waals surface area (Å²) in [4.78, 5) is 21.9. The molecule has 0 saturated carbocycles. The molecule has 6 heteroatoms. The van der Waals surface area contributed by atoms with Crippen LogP contribution in [0.5, 0.6) is 0 Å². The van der Waals surface area contributed by atoms with Crippen molar-refractivity contribution in [2.24, 2.45) is 0 Å². The minimum absolute atomic E-state index is 0.777. The van der Waals surface area contributed by atoms with E-state index >= 15 is 0 Å². The lowest BCUT2D eigenvalue weighted by molar-refractivity contribution is 1.07. The van der Waals surface area contributed by atoms with Crippen molar-refractivity contribution in [2.75, 3.05) is 0 Å². The van der Waals surface area contributed by atoms with Gasteiger partial charge in [0.25, 0.3) is 0 Å². The second-order valence-corrected chi connectivity index (χ2v) is 16.2. The third-order valence-electron chi connectivity index (χ3n) is 12.5. The van der Waals surface area contributed by atoms with Crippen LogP contribution in [0.3, 0.4) is 0 Å². The van der Waals surface area contributed by atoms with Gasteiger partial charge in [0.05, 0.1) is 44.1 Å². The summed E-state index contributed by atoms with van der Waals surface area (Å²) in [7, 11) is 0. The summed E-state index contributed by atoms with van der Waals surface area (Å²) in [5.74, 6) is 1.55. The van der Waals surface area contributed by atoms with E-state index in [4.69, 9.17) is 19.9 Å². The lowest BCUT2D eigenvalue weighted by Gasteiger charge is -2.15. The third-order valence-corrected chi connectivity index (χ3v) is 12.5. The van der Waals surface area contributed by atoms with Crippen molar-refractivity contribution in [2.45, 2.75) is 0 Å². The van der Waals surface area contributed by atoms with E-state index < -0.39 is 0 Å². The Bertz CT molecular complexity index is 3670. The van der Waals surface area contributed by atoms with E-state index in [0.29, 0.717) is 0 Å². The SMILES string of the molecule is c1ccc(-c2ccc3nc(-c4ccccc4)c(-n4c5ccccc5c5c6c7ccccc7n(-c7nc8cc(-c9ccccc9)ccc8nc7-c7ccccc7)c6ccc54)nc3c2)cc1. The Kier molecular flexibility index (Phi) is 8.11. The van der Waals surface area contributed by atoms with Crippen molar-refractivity contribution < 1.29 is 0 Å². The third kappa shape index (κ3) is 5.66. The fourth-order valence-corrected chi connectivity index (χ4v) is 9.58. The molecule has 4 aromatic heterocycles. The van der Waals surface area contributed by atoms with Gasteiger partial charge in [0.15, 0.2) is 11.6 Å². The van der Waals surface area contributed by atoms with Crippen molar-refractivity contribution in [3.05, 3.63) is 218 Å². The molecule has 0 radical (unpaired) electrons. The summed E-state index contributed by atoms with van der Waals surface area (Å²) in [5, 5.41) is 4.54. The highest BCUT2D eigenvalue weighted by Gasteiger charge is 2.25. The van der Waals surface area contributed by atoms with Crippen LogP contribution in [0.25, 0.3) is 122 Å². The van der Waals surface area contributed by atoms with Gasteiger partial charge in [0, 0.05) is 32.7 Å². The zero-order valence-corrected chi connectivity index (χ0v) is 34.5. The topological polar surface area (TPSA) is 61.4 Å². The number of para-hydroxylation sites is 2. The Morgan fingerprint density at radius 1 is 0.250 bits per heavy atom. The lowest BCUT2D eigenvalue weighted by atomic mass is 10.0. The highest BCUT2D eigenvalue weighted by molar-refractivity contribution is 6.29. The highest BCUT2D eigenvalue weighted by Crippen LogP contribution is 2.44. The normalized spacial score (nSPS) is 11.8. The van der Waals surface area contributed by atoms with E-state index in [-0.39, 0.29) is 0 Å². The molecule has 6 nitrogen and oxygen atoms in total. The van der Waals surface area contributed by atoms with Gasteiger partial charge in [-0.15, -0.1) is 0 Å². The molecule has 4 heterocycles. The zero-order valence-electron chi connectivity index (χ0n) is 34.5. The number of nitrogens with zero attached hydrogens (tertiary/aromatic N) is 6. The largest absolute Gasteiger partial charge is 0.292 e. The summed E-state index contributed by atoms with van der Waals surface area (Å²) < 4.78 is 4.63. The first-order valence-corrected chi connectivity index (χ1v) is 21.6. The number of rotatable bonds is 6. The van der Waals surface area contributed by atoms with Gasteiger partial charge < -0.3 is 0 Å². The van der Waals surface area contributed by atoms with Crippen molar-refractivity contribution in [1.82, 2.24) is 29.1 Å². The number of benzene rings is 9. The molecule has 13 rings (SSSR count). The second kappa shape index (κ2) is 14.4. The number of aromatic nitrogens is 6. The van der Waals surface area contributed by atoms with Crippen LogP contribution in [0.2, 0.25) is 0 Å². The molecule has 13 aromatic rings. The van der Waals surface area contributed by atoms with Crippen molar-refractivity contribution >= 4 is 65.7 Å². The minimum atomic E-state index is 0.777. The molecule has 9 aromatic carbocycles. The lowest BCUT2D eigenvalue weighted by Crippen LogP contribution is -2.04. The quantitative estimate of drug-likeness (QED) is 0.168. The van der Waals surface area contributed by atoms with Crippen LogP contribution < -0.4 is 0 Å². The average Bonchev–Trinajstić information content (AvgIpc) is 3.89. The number of fused-ring (bicyclic) bond motifs is 9. The van der Waals surface area contributed by atoms with Crippen LogP contribution in [0.4, 0.5) is 0 Å². The molecule has 0 aliphatic rings. The summed E-state index contributed by atoms with van der Waals surface area (Å²) in [6.45, 7) is 0. The summed E-state index contributed by atoms with van der Waals surface area (Å²) in [6.07, 6.45) is 0. The first-order valence-electron chi connectivity index (χ1n) is 21.6. The molecule has 0 spiro atoms. The van der Waals surface area contributed by atoms with Gasteiger partial charge in [0.1, 0.15) is 11.4 Å². The van der Waals surface area contributed by atoms with Crippen LogP contribution >= 0.6 is 0 Å². The molecule has 0 aliphatic carbocycles. The Balaban J connectivity index is 1.12. The van der Waals surface area contributed by atoms with Crippen molar-refractivity contribution in [3.8, 4) is 56.4 Å². The van der Waals surface area contributed by atoms with E-state index in [1.54, 1.807) is 0 Å². The molecule has 0 atom stereocenters. The van der Waals surface area contributed by atoms with E-state index in [1.165, 1.54) is 0 Å². The standard InChI is InChI=1S/C58H36N6/c1-5-17-37(18-6-1)41-29-31-45-47(35-41)61-57(55(59-45)39-21-9-3-10-22-39)63-49-27-15-13-25-43(49)53-51(63)33-34-52-54(53)44-26-14-16-28-50(44)64(52)58-56(40-23-11-4-12-24-40)60-46-32-30-42(36-48(46)62-58)38-19-7-2-8-20-38/h1-36H. The zero-order chi connectivity index (χ0) is 42.1. The smallest absolute Gasteiger partial charge is 0.165 e. The molecule has 64 heavy (non-hydrogen) atoms. The predicted molar refractivity (Wildman–Crippen MR) is 263 cm³/mol. The molecule has 0 aliphatic heterocycles. The van der Waals surface area contributed by atoms with E-state index in [9.17, 15) is 0 Å². The molecular formula is C58H36N6. The molecule has 0 amide bonds. The van der Waals surface area contributed by atoms with Gasteiger partial charge in [-0.2, -0.15) is 0 Å². The predicted octanol–water partition coefficient (Wildman–Crippen LogP) is 14.4. The fraction of sp³-hybridized carbons (Fsp3) is 0. The van der Waals surface area contributed by atoms with Gasteiger partial charge in [-0.05, 0) is 70.8 Å². The van der Waals surface area contributed by atoms with Crippen molar-refractivity contribution in [1.29, 1.82) is 0 Å². The molecule has 0 unspecified atom stereocenters. The molecule has 298 valence electrons. The molecular weight excluding hydrogens is 781 g/mol. The molecule has 0 saturated heterocycles. The molecule has 0 fully saturated rings. The maximum atomic E-state index is 5.56.